The topological polar surface area (TPSA) is 54.2 Å². The zero-order valence-corrected chi connectivity index (χ0v) is 19.5. The van der Waals surface area contributed by atoms with E-state index >= 15 is 0 Å². The maximum Gasteiger partial charge on any atom is 0.191 e. The van der Waals surface area contributed by atoms with Crippen molar-refractivity contribution in [3.8, 4) is 0 Å². The Morgan fingerprint density at radius 2 is 2.04 bits per heavy atom. The Bertz CT molecular complexity index is 830. The Morgan fingerprint density at radius 3 is 2.75 bits per heavy atom. The number of guanidine groups is 1. The van der Waals surface area contributed by atoms with Crippen molar-refractivity contribution >= 4 is 41.3 Å². The Kier molecular flexibility index (Phi) is 9.49. The first-order valence-electron chi connectivity index (χ1n) is 9.25. The van der Waals surface area contributed by atoms with E-state index in [1.54, 1.807) is 6.20 Å². The van der Waals surface area contributed by atoms with E-state index in [0.717, 1.165) is 32.0 Å². The van der Waals surface area contributed by atoms with Gasteiger partial charge in [0.2, 0.25) is 0 Å². The monoisotopic (exact) mass is 509 g/mol. The molecule has 0 aliphatic rings. The van der Waals surface area contributed by atoms with Crippen LogP contribution >= 0.6 is 35.3 Å². The summed E-state index contributed by atoms with van der Waals surface area (Å²) in [6.07, 6.45) is 4.88. The Labute approximate surface area is 188 Å². The van der Waals surface area contributed by atoms with E-state index in [4.69, 9.17) is 0 Å². The number of thiophene rings is 1. The number of aliphatic imine (C=N–C) groups is 1. The highest BCUT2D eigenvalue weighted by molar-refractivity contribution is 14.0. The summed E-state index contributed by atoms with van der Waals surface area (Å²) in [5, 5.41) is 13.2. The van der Waals surface area contributed by atoms with Crippen molar-refractivity contribution in [2.75, 3.05) is 13.6 Å². The van der Waals surface area contributed by atoms with Crippen molar-refractivity contribution in [3.63, 3.8) is 0 Å². The molecule has 1 aromatic carbocycles. The van der Waals surface area contributed by atoms with E-state index in [0.29, 0.717) is 5.92 Å². The first-order valence-corrected chi connectivity index (χ1v) is 10.1. The summed E-state index contributed by atoms with van der Waals surface area (Å²) in [7, 11) is 1.81. The van der Waals surface area contributed by atoms with Crippen molar-refractivity contribution < 1.29 is 0 Å². The second-order valence-electron chi connectivity index (χ2n) is 6.72. The highest BCUT2D eigenvalue weighted by atomic mass is 127. The van der Waals surface area contributed by atoms with Crippen molar-refractivity contribution in [2.45, 2.75) is 26.4 Å². The molecule has 0 saturated heterocycles. The van der Waals surface area contributed by atoms with Crippen LogP contribution in [0, 0.1) is 5.92 Å². The molecule has 3 rings (SSSR count). The molecule has 150 valence electrons. The van der Waals surface area contributed by atoms with E-state index < -0.39 is 0 Å². The van der Waals surface area contributed by atoms with Crippen LogP contribution in [-0.2, 0) is 19.5 Å². The summed E-state index contributed by atoms with van der Waals surface area (Å²) in [5.74, 6) is 1.39. The van der Waals surface area contributed by atoms with Gasteiger partial charge in [-0.05, 0) is 41.0 Å². The largest absolute Gasteiger partial charge is 0.356 e. The summed E-state index contributed by atoms with van der Waals surface area (Å²) < 4.78 is 1.93. The average molecular weight is 509 g/mol. The summed E-state index contributed by atoms with van der Waals surface area (Å²) in [5.41, 5.74) is 2.47. The van der Waals surface area contributed by atoms with Gasteiger partial charge in [0.05, 0.1) is 6.54 Å². The van der Waals surface area contributed by atoms with Gasteiger partial charge in [0.15, 0.2) is 5.96 Å². The Hall–Kier alpha value is -1.87. The van der Waals surface area contributed by atoms with Crippen LogP contribution in [0.2, 0.25) is 0 Å². The number of halogens is 1. The number of aromatic nitrogens is 2. The van der Waals surface area contributed by atoms with Gasteiger partial charge in [0.1, 0.15) is 0 Å². The molecule has 2 heterocycles. The molecule has 5 nitrogen and oxygen atoms in total. The lowest BCUT2D eigenvalue weighted by molar-refractivity contribution is 0.562. The second-order valence-corrected chi connectivity index (χ2v) is 7.75. The van der Waals surface area contributed by atoms with Gasteiger partial charge in [0.25, 0.3) is 0 Å². The summed E-state index contributed by atoms with van der Waals surface area (Å²) in [6.45, 7) is 4.69. The molecule has 0 fully saturated rings. The standard InChI is InChI=1S/C21H27N5S.HI/c1-17(12-20-8-4-11-27-20)14-23-21(22-2)24-15-18-6-3-7-19(13-18)16-26-10-5-9-25-26;/h3-11,13,17H,12,14-16H2,1-2H3,(H2,22,23,24);1H. The minimum absolute atomic E-state index is 0. The molecule has 0 saturated carbocycles. The normalized spacial score (nSPS) is 12.3. The minimum atomic E-state index is 0. The van der Waals surface area contributed by atoms with Crippen LogP contribution < -0.4 is 10.6 Å². The van der Waals surface area contributed by atoms with E-state index in [2.05, 4.69) is 69.4 Å². The highest BCUT2D eigenvalue weighted by Gasteiger charge is 2.06. The van der Waals surface area contributed by atoms with Crippen LogP contribution in [0.15, 0.2) is 65.2 Å². The third kappa shape index (κ3) is 7.27. The van der Waals surface area contributed by atoms with Gasteiger partial charge in [-0.1, -0.05) is 37.3 Å². The lowest BCUT2D eigenvalue weighted by Gasteiger charge is -2.16. The molecular weight excluding hydrogens is 481 g/mol. The number of rotatable bonds is 8. The number of nitrogens with zero attached hydrogens (tertiary/aromatic N) is 3. The van der Waals surface area contributed by atoms with E-state index in [9.17, 15) is 0 Å². The second kappa shape index (κ2) is 11.9. The molecule has 0 bridgehead atoms. The molecule has 2 aromatic heterocycles. The molecule has 0 aliphatic carbocycles. The Balaban J connectivity index is 0.00000280. The van der Waals surface area contributed by atoms with Crippen molar-refractivity contribution in [1.82, 2.24) is 20.4 Å². The quantitative estimate of drug-likeness (QED) is 0.273. The van der Waals surface area contributed by atoms with E-state index in [-0.39, 0.29) is 24.0 Å². The molecule has 1 atom stereocenters. The zero-order valence-electron chi connectivity index (χ0n) is 16.3. The molecule has 7 heteroatoms. The SMILES string of the molecule is CN=C(NCc1cccc(Cn2cccn2)c1)NCC(C)Cc1cccs1.I. The predicted octanol–water partition coefficient (Wildman–Crippen LogP) is 4.15. The van der Waals surface area contributed by atoms with Gasteiger partial charge in [-0.25, -0.2) is 0 Å². The average Bonchev–Trinajstić information content (AvgIpc) is 3.36. The Morgan fingerprint density at radius 1 is 1.18 bits per heavy atom. The molecule has 3 aromatic rings. The maximum absolute atomic E-state index is 4.34. The van der Waals surface area contributed by atoms with Crippen LogP contribution in [0.5, 0.6) is 0 Å². The number of benzene rings is 1. The smallest absolute Gasteiger partial charge is 0.191 e. The van der Waals surface area contributed by atoms with Crippen LogP contribution in [-0.4, -0.2) is 29.3 Å². The first-order chi connectivity index (χ1) is 13.2. The van der Waals surface area contributed by atoms with Crippen LogP contribution in [0.4, 0.5) is 0 Å². The fourth-order valence-electron chi connectivity index (χ4n) is 2.94. The van der Waals surface area contributed by atoms with Crippen molar-refractivity contribution in [2.24, 2.45) is 10.9 Å². The third-order valence-electron chi connectivity index (χ3n) is 4.33. The number of nitrogens with one attached hydrogen (secondary N) is 2. The molecular formula is C21H28IN5S. The zero-order chi connectivity index (χ0) is 18.9. The van der Waals surface area contributed by atoms with Crippen LogP contribution in [0.25, 0.3) is 0 Å². The lowest BCUT2D eigenvalue weighted by atomic mass is 10.1. The number of hydrogen-bond donors (Lipinski definition) is 2. The van der Waals surface area contributed by atoms with E-state index in [1.165, 1.54) is 16.0 Å². The number of hydrogen-bond acceptors (Lipinski definition) is 3. The predicted molar refractivity (Wildman–Crippen MR) is 129 cm³/mol. The minimum Gasteiger partial charge on any atom is -0.356 e. The van der Waals surface area contributed by atoms with Crippen molar-refractivity contribution in [3.05, 3.63) is 76.2 Å². The van der Waals surface area contributed by atoms with Gasteiger partial charge in [-0.3, -0.25) is 9.67 Å². The molecule has 0 radical (unpaired) electrons. The van der Waals surface area contributed by atoms with Gasteiger partial charge < -0.3 is 10.6 Å². The third-order valence-corrected chi connectivity index (χ3v) is 5.23. The van der Waals surface area contributed by atoms with Crippen molar-refractivity contribution in [1.29, 1.82) is 0 Å². The fourth-order valence-corrected chi connectivity index (χ4v) is 3.81. The van der Waals surface area contributed by atoms with Gasteiger partial charge in [0, 0.05) is 37.4 Å². The van der Waals surface area contributed by atoms with Gasteiger partial charge >= 0.3 is 0 Å². The van der Waals surface area contributed by atoms with Gasteiger partial charge in [-0.15, -0.1) is 35.3 Å². The van der Waals surface area contributed by atoms with Crippen LogP contribution in [0.3, 0.4) is 0 Å². The maximum atomic E-state index is 4.34. The molecule has 0 amide bonds. The van der Waals surface area contributed by atoms with Crippen LogP contribution in [0.1, 0.15) is 22.9 Å². The molecule has 0 aliphatic heterocycles. The molecule has 2 N–H and O–H groups in total. The first kappa shape index (κ1) is 22.4. The summed E-state index contributed by atoms with van der Waals surface area (Å²) >= 11 is 1.82. The fraction of sp³-hybridized carbons (Fsp3) is 0.333. The molecule has 0 spiro atoms. The highest BCUT2D eigenvalue weighted by Crippen LogP contribution is 2.13. The summed E-state index contributed by atoms with van der Waals surface area (Å²) in [6, 6.07) is 14.8. The van der Waals surface area contributed by atoms with E-state index in [1.807, 2.05) is 35.3 Å². The summed E-state index contributed by atoms with van der Waals surface area (Å²) in [4.78, 5) is 5.77. The molecule has 1 unspecified atom stereocenters. The molecule has 28 heavy (non-hydrogen) atoms. The van der Waals surface area contributed by atoms with Gasteiger partial charge in [-0.2, -0.15) is 5.10 Å². The lowest BCUT2D eigenvalue weighted by Crippen LogP contribution is -2.39.